The number of aliphatic hydroxyl groups excluding tert-OH is 1. The number of halogens is 3. The molecule has 0 aliphatic rings. The zero-order valence-corrected chi connectivity index (χ0v) is 25.0. The monoisotopic (exact) mass is 635 g/mol. The van der Waals surface area contributed by atoms with Gasteiger partial charge in [-0.3, -0.25) is 14.2 Å². The van der Waals surface area contributed by atoms with Crippen LogP contribution in [0.4, 0.5) is 14.5 Å². The van der Waals surface area contributed by atoms with Gasteiger partial charge in [-0.25, -0.2) is 26.5 Å². The highest BCUT2D eigenvalue weighted by Crippen LogP contribution is 2.33. The number of carbonyl (C=O) groups is 2. The van der Waals surface area contributed by atoms with Gasteiger partial charge in [-0.1, -0.05) is 30.7 Å². The highest BCUT2D eigenvalue weighted by atomic mass is 35.5. The Morgan fingerprint density at radius 3 is 2.47 bits per heavy atom. The minimum absolute atomic E-state index is 0.174. The van der Waals surface area contributed by atoms with Crippen molar-refractivity contribution >= 4 is 50.1 Å². The molecule has 0 bridgehead atoms. The van der Waals surface area contributed by atoms with Crippen LogP contribution in [0.15, 0.2) is 54.9 Å². The third-order valence-corrected chi connectivity index (χ3v) is 8.49. The molecule has 2 heterocycles. The van der Waals surface area contributed by atoms with Crippen LogP contribution in [-0.4, -0.2) is 53.6 Å². The lowest BCUT2D eigenvalue weighted by atomic mass is 9.99. The number of pyridine rings is 1. The minimum Gasteiger partial charge on any atom is -0.444 e. The summed E-state index contributed by atoms with van der Waals surface area (Å²) in [7, 11) is -4.20. The highest BCUT2D eigenvalue weighted by Gasteiger charge is 2.31. The van der Waals surface area contributed by atoms with Gasteiger partial charge in [0.1, 0.15) is 18.2 Å². The fourth-order valence-electron chi connectivity index (χ4n) is 4.33. The average molecular weight is 636 g/mol. The van der Waals surface area contributed by atoms with Crippen LogP contribution in [0.2, 0.25) is 5.02 Å². The van der Waals surface area contributed by atoms with E-state index >= 15 is 8.78 Å². The van der Waals surface area contributed by atoms with Crippen molar-refractivity contribution in [3.8, 4) is 11.1 Å². The van der Waals surface area contributed by atoms with E-state index in [1.54, 1.807) is 37.3 Å². The number of rotatable bonds is 12. The summed E-state index contributed by atoms with van der Waals surface area (Å²) in [4.78, 5) is 29.8. The van der Waals surface area contributed by atoms with Gasteiger partial charge in [0.2, 0.25) is 15.8 Å². The van der Waals surface area contributed by atoms with Gasteiger partial charge in [0.05, 0.1) is 22.6 Å². The Kier molecular flexibility index (Phi) is 9.80. The molecule has 1 N–H and O–H groups in total. The number of hydrogen-bond donors (Lipinski definition) is 1. The van der Waals surface area contributed by atoms with E-state index in [4.69, 9.17) is 21.1 Å². The maximum atomic E-state index is 16.1. The van der Waals surface area contributed by atoms with Crippen molar-refractivity contribution in [2.45, 2.75) is 40.2 Å². The molecule has 14 heteroatoms. The van der Waals surface area contributed by atoms with Crippen molar-refractivity contribution < 1.29 is 41.4 Å². The number of ketones is 1. The third kappa shape index (κ3) is 7.02. The lowest BCUT2D eigenvalue weighted by Crippen LogP contribution is -2.37. The summed E-state index contributed by atoms with van der Waals surface area (Å²) in [5, 5.41) is 10.2. The van der Waals surface area contributed by atoms with Gasteiger partial charge < -0.3 is 14.6 Å². The summed E-state index contributed by atoms with van der Waals surface area (Å²) in [6.07, 6.45) is 1.55. The highest BCUT2D eigenvalue weighted by molar-refractivity contribution is 7.92. The van der Waals surface area contributed by atoms with Crippen LogP contribution >= 0.6 is 11.6 Å². The third-order valence-electron chi connectivity index (χ3n) is 6.34. The molecule has 1 unspecified atom stereocenters. The molecule has 2 aromatic heterocycles. The van der Waals surface area contributed by atoms with E-state index in [0.717, 1.165) is 12.1 Å². The largest absolute Gasteiger partial charge is 0.444 e. The Hall–Kier alpha value is -3.91. The molecular weight excluding hydrogens is 608 g/mol. The van der Waals surface area contributed by atoms with E-state index in [0.29, 0.717) is 20.5 Å². The second-order valence-corrected chi connectivity index (χ2v) is 12.0. The summed E-state index contributed by atoms with van der Waals surface area (Å²) in [6, 6.07) is 10.0. The Balaban J connectivity index is 1.89. The molecule has 0 aliphatic heterocycles. The summed E-state index contributed by atoms with van der Waals surface area (Å²) in [5.41, 5.74) is -0.387. The number of anilines is 1. The number of ether oxygens (including phenoxy) is 2. The van der Waals surface area contributed by atoms with E-state index in [2.05, 4.69) is 4.98 Å². The van der Waals surface area contributed by atoms with Crippen LogP contribution in [-0.2, 0) is 31.0 Å². The number of aliphatic hydroxyl groups is 1. The first-order chi connectivity index (χ1) is 20.3. The fraction of sp³-hybridized carbons (Fsp3) is 0.276. The summed E-state index contributed by atoms with van der Waals surface area (Å²) >= 11 is 6.00. The molecule has 0 saturated carbocycles. The van der Waals surface area contributed by atoms with Crippen molar-refractivity contribution in [3.05, 3.63) is 82.6 Å². The molecule has 4 aromatic rings. The molecule has 228 valence electrons. The van der Waals surface area contributed by atoms with Crippen LogP contribution in [0, 0.1) is 11.6 Å². The van der Waals surface area contributed by atoms with Gasteiger partial charge in [-0.15, -0.1) is 0 Å². The second kappa shape index (κ2) is 13.2. The Bertz CT molecular complexity index is 1780. The van der Waals surface area contributed by atoms with Gasteiger partial charge >= 0.3 is 5.97 Å². The maximum absolute atomic E-state index is 16.1. The van der Waals surface area contributed by atoms with E-state index in [-0.39, 0.29) is 29.7 Å². The first kappa shape index (κ1) is 32.0. The molecule has 10 nitrogen and oxygen atoms in total. The molecule has 0 fully saturated rings. The zero-order chi connectivity index (χ0) is 31.5. The predicted molar refractivity (Wildman–Crippen MR) is 156 cm³/mol. The number of hydrogen-bond acceptors (Lipinski definition) is 8. The molecule has 43 heavy (non-hydrogen) atoms. The Morgan fingerprint density at radius 2 is 1.84 bits per heavy atom. The van der Waals surface area contributed by atoms with Gasteiger partial charge in [0.25, 0.3) is 0 Å². The molecule has 0 radical (unpaired) electrons. The molecule has 1 atom stereocenters. The van der Waals surface area contributed by atoms with E-state index in [1.165, 1.54) is 30.8 Å². The maximum Gasteiger partial charge on any atom is 0.304 e. The Morgan fingerprint density at radius 1 is 1.14 bits per heavy atom. The number of aromatic nitrogens is 2. The van der Waals surface area contributed by atoms with E-state index in [1.807, 2.05) is 0 Å². The zero-order valence-electron chi connectivity index (χ0n) is 23.4. The fourth-order valence-corrected chi connectivity index (χ4v) is 5.86. The van der Waals surface area contributed by atoms with Crippen molar-refractivity contribution in [2.24, 2.45) is 0 Å². The summed E-state index contributed by atoms with van der Waals surface area (Å²) in [6.45, 7) is 2.90. The number of esters is 1. The Labute approximate surface area is 251 Å². The molecular formula is C29H28ClF2N3O7S. The van der Waals surface area contributed by atoms with Gasteiger partial charge in [-0.05, 0) is 49.2 Å². The number of nitrogens with zero attached hydrogens (tertiary/aromatic N) is 3. The molecule has 0 aliphatic carbocycles. The van der Waals surface area contributed by atoms with Crippen molar-refractivity contribution in [2.75, 3.05) is 16.8 Å². The molecule has 4 rings (SSSR count). The van der Waals surface area contributed by atoms with Gasteiger partial charge in [0, 0.05) is 35.3 Å². The van der Waals surface area contributed by atoms with Crippen LogP contribution in [0.3, 0.4) is 0 Å². The summed E-state index contributed by atoms with van der Waals surface area (Å²) in [5.74, 6) is -4.80. The molecule has 0 amide bonds. The quantitative estimate of drug-likeness (QED) is 0.127. The lowest BCUT2D eigenvalue weighted by molar-refractivity contribution is -0.144. The van der Waals surface area contributed by atoms with E-state index in [9.17, 15) is 23.1 Å². The standard InChI is InChI=1S/C29H28ClF2N3O7S/c1-4-11-43(39,40)35(16-42-18(3)37)25-10-9-24(31)26(27(25)32)28(38)23-14-34(15-41-17(2)36)29-22(23)12-20(13-33-29)19-5-7-21(30)8-6-19/h5-10,12-14,18,37H,4,11,15-16H2,1-3H3. The topological polar surface area (TPSA) is 128 Å². The van der Waals surface area contributed by atoms with Crippen molar-refractivity contribution in [3.63, 3.8) is 0 Å². The SMILES string of the molecule is CCCS(=O)(=O)N(COC(C)O)c1ccc(F)c(C(=O)c2cn(COC(C)=O)c3ncc(-c4ccc(Cl)cc4)cc23)c1F. The first-order valence-corrected chi connectivity index (χ1v) is 15.0. The predicted octanol–water partition coefficient (Wildman–Crippen LogP) is 5.25. The molecule has 0 saturated heterocycles. The van der Waals surface area contributed by atoms with Crippen LogP contribution in [0.1, 0.15) is 43.1 Å². The van der Waals surface area contributed by atoms with Gasteiger partial charge in [0.15, 0.2) is 18.8 Å². The molecule has 2 aromatic carbocycles. The van der Waals surface area contributed by atoms with Crippen molar-refractivity contribution in [1.82, 2.24) is 9.55 Å². The number of fused-ring (bicyclic) bond motifs is 1. The average Bonchev–Trinajstić information content (AvgIpc) is 3.31. The van der Waals surface area contributed by atoms with Crippen LogP contribution in [0.25, 0.3) is 22.2 Å². The second-order valence-electron chi connectivity index (χ2n) is 9.52. The van der Waals surface area contributed by atoms with E-state index < -0.39 is 63.4 Å². The summed E-state index contributed by atoms with van der Waals surface area (Å²) < 4.78 is 69.2. The normalized spacial score (nSPS) is 12.3. The number of sulfonamides is 1. The number of carbonyl (C=O) groups excluding carboxylic acids is 2. The van der Waals surface area contributed by atoms with Crippen LogP contribution in [0.5, 0.6) is 0 Å². The lowest BCUT2D eigenvalue weighted by Gasteiger charge is -2.25. The minimum atomic E-state index is -4.20. The smallest absolute Gasteiger partial charge is 0.304 e. The van der Waals surface area contributed by atoms with Crippen molar-refractivity contribution in [1.29, 1.82) is 0 Å². The van der Waals surface area contributed by atoms with Crippen LogP contribution < -0.4 is 4.31 Å². The van der Waals surface area contributed by atoms with Gasteiger partial charge in [-0.2, -0.15) is 0 Å². The molecule has 0 spiro atoms. The first-order valence-electron chi connectivity index (χ1n) is 13.0. The number of benzene rings is 2.